The summed E-state index contributed by atoms with van der Waals surface area (Å²) in [5.41, 5.74) is 3.50. The first-order chi connectivity index (χ1) is 15.2. The molecule has 0 aliphatic rings. The van der Waals surface area contributed by atoms with Gasteiger partial charge in [0, 0.05) is 5.56 Å². The molecule has 168 valence electrons. The first-order valence-electron chi connectivity index (χ1n) is 10.0. The van der Waals surface area contributed by atoms with E-state index in [4.69, 9.17) is 16.3 Å². The Balaban J connectivity index is 1.68. The first-order valence-corrected chi connectivity index (χ1v) is 11.9. The van der Waals surface area contributed by atoms with Crippen molar-refractivity contribution in [2.75, 3.05) is 17.9 Å². The van der Waals surface area contributed by atoms with E-state index in [1.807, 2.05) is 51.1 Å². The topological polar surface area (TPSA) is 84.5 Å². The lowest BCUT2D eigenvalue weighted by Crippen LogP contribution is -2.28. The zero-order chi connectivity index (χ0) is 23.3. The molecule has 3 rings (SSSR count). The Morgan fingerprint density at radius 2 is 1.75 bits per heavy atom. The summed E-state index contributed by atoms with van der Waals surface area (Å²) in [5.74, 6) is 0.300. The van der Waals surface area contributed by atoms with Crippen molar-refractivity contribution in [1.82, 2.24) is 5.32 Å². The Kier molecular flexibility index (Phi) is 7.43. The maximum Gasteiger partial charge on any atom is 0.263 e. The molecule has 3 aromatic rings. The minimum atomic E-state index is -3.99. The largest absolute Gasteiger partial charge is 0.492 e. The Morgan fingerprint density at radius 3 is 2.50 bits per heavy atom. The Bertz CT molecular complexity index is 1240. The van der Waals surface area contributed by atoms with Crippen LogP contribution in [-0.2, 0) is 10.0 Å². The maximum absolute atomic E-state index is 13.0. The van der Waals surface area contributed by atoms with Gasteiger partial charge in [-0.2, -0.15) is 0 Å². The highest BCUT2D eigenvalue weighted by atomic mass is 35.5. The second-order valence-corrected chi connectivity index (χ2v) is 9.48. The van der Waals surface area contributed by atoms with Gasteiger partial charge in [-0.3, -0.25) is 9.52 Å². The predicted molar refractivity (Wildman–Crippen MR) is 127 cm³/mol. The normalized spacial score (nSPS) is 11.1. The van der Waals surface area contributed by atoms with Crippen molar-refractivity contribution in [3.05, 3.63) is 87.9 Å². The van der Waals surface area contributed by atoms with Crippen molar-refractivity contribution in [2.24, 2.45) is 0 Å². The molecule has 0 spiro atoms. The Labute approximate surface area is 193 Å². The third kappa shape index (κ3) is 5.81. The van der Waals surface area contributed by atoms with Gasteiger partial charge in [0.1, 0.15) is 17.3 Å². The summed E-state index contributed by atoms with van der Waals surface area (Å²) >= 11 is 6.16. The van der Waals surface area contributed by atoms with Crippen LogP contribution in [0.5, 0.6) is 5.75 Å². The van der Waals surface area contributed by atoms with Gasteiger partial charge in [-0.25, -0.2) is 8.42 Å². The van der Waals surface area contributed by atoms with Gasteiger partial charge in [-0.05, 0) is 73.9 Å². The van der Waals surface area contributed by atoms with E-state index in [1.54, 1.807) is 12.1 Å². The fraction of sp³-hybridized carbons (Fsp3) is 0.208. The molecule has 32 heavy (non-hydrogen) atoms. The van der Waals surface area contributed by atoms with Crippen LogP contribution in [0, 0.1) is 20.8 Å². The molecule has 0 unspecified atom stereocenters. The molecule has 0 aliphatic heterocycles. The van der Waals surface area contributed by atoms with Crippen LogP contribution >= 0.6 is 11.6 Å². The molecule has 0 bridgehead atoms. The molecule has 0 saturated carbocycles. The number of anilines is 1. The quantitative estimate of drug-likeness (QED) is 0.458. The fourth-order valence-electron chi connectivity index (χ4n) is 3.05. The molecule has 0 aliphatic carbocycles. The molecule has 0 saturated heterocycles. The molecular weight excluding hydrogens is 448 g/mol. The summed E-state index contributed by atoms with van der Waals surface area (Å²) in [5, 5.41) is 2.76. The van der Waals surface area contributed by atoms with E-state index in [2.05, 4.69) is 10.0 Å². The van der Waals surface area contributed by atoms with Crippen molar-refractivity contribution >= 4 is 33.2 Å². The standard InChI is InChI=1S/C24H25ClN2O4S/c1-16-6-4-8-20(14-16)31-13-12-26-24(28)19-10-11-21(25)23(15-19)32(29,30)27-22-9-5-7-17(2)18(22)3/h4-11,14-15,27H,12-13H2,1-3H3,(H,26,28). The van der Waals surface area contributed by atoms with Gasteiger partial charge in [0.15, 0.2) is 0 Å². The van der Waals surface area contributed by atoms with E-state index in [1.165, 1.54) is 18.2 Å². The van der Waals surface area contributed by atoms with Gasteiger partial charge in [0.25, 0.3) is 15.9 Å². The molecule has 2 N–H and O–H groups in total. The average Bonchev–Trinajstić information content (AvgIpc) is 2.74. The van der Waals surface area contributed by atoms with Gasteiger partial charge >= 0.3 is 0 Å². The summed E-state index contributed by atoms with van der Waals surface area (Å²) in [4.78, 5) is 12.4. The number of amides is 1. The second-order valence-electron chi connectivity index (χ2n) is 7.42. The zero-order valence-corrected chi connectivity index (χ0v) is 19.7. The van der Waals surface area contributed by atoms with Gasteiger partial charge in [0.05, 0.1) is 17.3 Å². The van der Waals surface area contributed by atoms with Crippen molar-refractivity contribution in [3.8, 4) is 5.75 Å². The minimum absolute atomic E-state index is 0.0298. The number of hydrogen-bond acceptors (Lipinski definition) is 4. The summed E-state index contributed by atoms with van der Waals surface area (Å²) in [6.07, 6.45) is 0. The minimum Gasteiger partial charge on any atom is -0.492 e. The highest BCUT2D eigenvalue weighted by Crippen LogP contribution is 2.27. The van der Waals surface area contributed by atoms with Crippen LogP contribution in [0.25, 0.3) is 0 Å². The van der Waals surface area contributed by atoms with E-state index >= 15 is 0 Å². The van der Waals surface area contributed by atoms with Crippen molar-refractivity contribution < 1.29 is 17.9 Å². The Morgan fingerprint density at radius 1 is 1.00 bits per heavy atom. The van der Waals surface area contributed by atoms with Crippen molar-refractivity contribution in [3.63, 3.8) is 0 Å². The SMILES string of the molecule is Cc1cccc(OCCNC(=O)c2ccc(Cl)c(S(=O)(=O)Nc3cccc(C)c3C)c2)c1. The van der Waals surface area contributed by atoms with E-state index in [-0.39, 0.29) is 28.6 Å². The molecule has 0 heterocycles. The highest BCUT2D eigenvalue weighted by molar-refractivity contribution is 7.92. The van der Waals surface area contributed by atoms with Gasteiger partial charge < -0.3 is 10.1 Å². The lowest BCUT2D eigenvalue weighted by molar-refractivity contribution is 0.0946. The van der Waals surface area contributed by atoms with Gasteiger partial charge in [-0.15, -0.1) is 0 Å². The number of carbonyl (C=O) groups is 1. The number of rotatable bonds is 8. The maximum atomic E-state index is 13.0. The molecule has 6 nitrogen and oxygen atoms in total. The van der Waals surface area contributed by atoms with Crippen LogP contribution in [0.2, 0.25) is 5.02 Å². The van der Waals surface area contributed by atoms with Crippen LogP contribution in [-0.4, -0.2) is 27.5 Å². The third-order valence-corrected chi connectivity index (χ3v) is 6.82. The molecule has 0 radical (unpaired) electrons. The lowest BCUT2D eigenvalue weighted by atomic mass is 10.1. The van der Waals surface area contributed by atoms with E-state index < -0.39 is 15.9 Å². The van der Waals surface area contributed by atoms with Crippen LogP contribution < -0.4 is 14.8 Å². The lowest BCUT2D eigenvalue weighted by Gasteiger charge is -2.14. The summed E-state index contributed by atoms with van der Waals surface area (Å²) < 4.78 is 34.1. The molecular formula is C24H25ClN2O4S. The number of nitrogens with one attached hydrogen (secondary N) is 2. The molecule has 0 aromatic heterocycles. The molecule has 8 heteroatoms. The van der Waals surface area contributed by atoms with Crippen LogP contribution in [0.15, 0.2) is 65.6 Å². The van der Waals surface area contributed by atoms with Crippen LogP contribution in [0.3, 0.4) is 0 Å². The summed E-state index contributed by atoms with van der Waals surface area (Å²) in [7, 11) is -3.99. The zero-order valence-electron chi connectivity index (χ0n) is 18.1. The first kappa shape index (κ1) is 23.6. The highest BCUT2D eigenvalue weighted by Gasteiger charge is 2.21. The molecule has 0 fully saturated rings. The van der Waals surface area contributed by atoms with E-state index in [0.717, 1.165) is 22.4 Å². The van der Waals surface area contributed by atoms with E-state index in [9.17, 15) is 13.2 Å². The summed E-state index contributed by atoms with van der Waals surface area (Å²) in [6.45, 7) is 6.24. The summed E-state index contributed by atoms with van der Waals surface area (Å²) in [6, 6.07) is 17.1. The molecule has 3 aromatic carbocycles. The second kappa shape index (κ2) is 10.1. The number of ether oxygens (including phenoxy) is 1. The third-order valence-electron chi connectivity index (χ3n) is 4.98. The van der Waals surface area contributed by atoms with Gasteiger partial charge in [-0.1, -0.05) is 35.9 Å². The average molecular weight is 473 g/mol. The number of aryl methyl sites for hydroxylation is 2. The van der Waals surface area contributed by atoms with Crippen molar-refractivity contribution in [2.45, 2.75) is 25.7 Å². The van der Waals surface area contributed by atoms with Crippen LogP contribution in [0.1, 0.15) is 27.0 Å². The van der Waals surface area contributed by atoms with E-state index in [0.29, 0.717) is 5.69 Å². The molecule has 1 amide bonds. The monoisotopic (exact) mass is 472 g/mol. The predicted octanol–water partition coefficient (Wildman–Crippen LogP) is 4.87. The number of carbonyl (C=O) groups excluding carboxylic acids is 1. The number of sulfonamides is 1. The van der Waals surface area contributed by atoms with Crippen molar-refractivity contribution in [1.29, 1.82) is 0 Å². The number of benzene rings is 3. The fourth-order valence-corrected chi connectivity index (χ4v) is 4.70. The Hall–Kier alpha value is -3.03. The number of hydrogen-bond donors (Lipinski definition) is 2. The number of halogens is 1. The smallest absolute Gasteiger partial charge is 0.263 e. The van der Waals surface area contributed by atoms with Crippen LogP contribution in [0.4, 0.5) is 5.69 Å². The van der Waals surface area contributed by atoms with Gasteiger partial charge in [0.2, 0.25) is 0 Å². The molecule has 0 atom stereocenters.